The van der Waals surface area contributed by atoms with E-state index in [1.807, 2.05) is 6.07 Å². The third-order valence-electron chi connectivity index (χ3n) is 3.46. The van der Waals surface area contributed by atoms with Crippen LogP contribution in [0.1, 0.15) is 43.3 Å². The zero-order chi connectivity index (χ0) is 14.8. The summed E-state index contributed by atoms with van der Waals surface area (Å²) in [5.74, 6) is -1.27. The average molecular weight is 302 g/mol. The number of hydrogen-bond donors (Lipinski definition) is 2. The van der Waals surface area contributed by atoms with Crippen molar-refractivity contribution in [3.05, 3.63) is 45.4 Å². The van der Waals surface area contributed by atoms with Crippen molar-refractivity contribution in [1.29, 1.82) is 0 Å². The second kappa shape index (κ2) is 5.65. The van der Waals surface area contributed by atoms with Crippen molar-refractivity contribution in [2.24, 2.45) is 0 Å². The first-order valence-electron chi connectivity index (χ1n) is 6.75. The van der Waals surface area contributed by atoms with Crippen LogP contribution in [0.25, 0.3) is 0 Å². The van der Waals surface area contributed by atoms with Crippen LogP contribution in [0.2, 0.25) is 0 Å². The van der Waals surface area contributed by atoms with Gasteiger partial charge < -0.3 is 10.4 Å². The fourth-order valence-corrected chi connectivity index (χ4v) is 3.57. The van der Waals surface area contributed by atoms with Gasteiger partial charge in [-0.05, 0) is 43.4 Å². The van der Waals surface area contributed by atoms with Crippen molar-refractivity contribution in [2.45, 2.75) is 25.7 Å². The highest BCUT2D eigenvalue weighted by atomic mass is 32.1. The number of carbonyl (C=O) groups excluding carboxylic acids is 1. The molecule has 1 aliphatic rings. The van der Waals surface area contributed by atoms with Crippen LogP contribution in [0.4, 0.5) is 5.69 Å². The number of fused-ring (bicyclic) bond motifs is 1. The number of aromatic carboxylic acids is 1. The zero-order valence-electron chi connectivity index (χ0n) is 11.3. The molecular weight excluding hydrogens is 288 g/mol. The molecule has 0 aliphatic heterocycles. The van der Waals surface area contributed by atoms with Gasteiger partial charge in [-0.15, -0.1) is 11.3 Å². The molecular formula is C15H14N2O3S. The van der Waals surface area contributed by atoms with Gasteiger partial charge in [0.15, 0.2) is 0 Å². The van der Waals surface area contributed by atoms with E-state index >= 15 is 0 Å². The molecule has 0 radical (unpaired) electrons. The molecule has 0 fully saturated rings. The molecule has 0 atom stereocenters. The summed E-state index contributed by atoms with van der Waals surface area (Å²) in [5.41, 5.74) is 1.72. The number of anilines is 1. The average Bonchev–Trinajstić information content (AvgIpc) is 2.91. The van der Waals surface area contributed by atoms with E-state index in [-0.39, 0.29) is 11.5 Å². The number of hydrogen-bond acceptors (Lipinski definition) is 4. The Morgan fingerprint density at radius 3 is 2.76 bits per heavy atom. The Morgan fingerprint density at radius 1 is 1.19 bits per heavy atom. The number of carboxylic acids is 1. The van der Waals surface area contributed by atoms with E-state index in [0.29, 0.717) is 10.6 Å². The molecule has 0 saturated heterocycles. The minimum Gasteiger partial charge on any atom is -0.478 e. The van der Waals surface area contributed by atoms with E-state index in [1.54, 1.807) is 0 Å². The number of rotatable bonds is 3. The van der Waals surface area contributed by atoms with E-state index in [1.165, 1.54) is 53.1 Å². The van der Waals surface area contributed by atoms with Gasteiger partial charge in [0, 0.05) is 11.1 Å². The lowest BCUT2D eigenvalue weighted by atomic mass is 9.99. The van der Waals surface area contributed by atoms with Gasteiger partial charge in [-0.3, -0.25) is 9.78 Å². The minimum atomic E-state index is -1.06. The van der Waals surface area contributed by atoms with E-state index in [9.17, 15) is 9.59 Å². The van der Waals surface area contributed by atoms with Crippen LogP contribution in [0.5, 0.6) is 0 Å². The summed E-state index contributed by atoms with van der Waals surface area (Å²) in [6, 6.07) is 3.35. The summed E-state index contributed by atoms with van der Waals surface area (Å²) in [7, 11) is 0. The molecule has 108 valence electrons. The van der Waals surface area contributed by atoms with Gasteiger partial charge in [0.1, 0.15) is 0 Å². The third kappa shape index (κ3) is 2.95. The number of amides is 1. The summed E-state index contributed by atoms with van der Waals surface area (Å²) >= 11 is 1.52. The summed E-state index contributed by atoms with van der Waals surface area (Å²) in [6.45, 7) is 0. The smallest absolute Gasteiger partial charge is 0.337 e. The predicted octanol–water partition coefficient (Wildman–Crippen LogP) is 2.97. The maximum atomic E-state index is 12.2. The SMILES string of the molecule is O=C(O)c1cncc(NC(=O)c2cc3c(s2)CCCC3)c1. The van der Waals surface area contributed by atoms with Gasteiger partial charge in [0.25, 0.3) is 5.91 Å². The molecule has 2 aromatic rings. The summed E-state index contributed by atoms with van der Waals surface area (Å²) < 4.78 is 0. The summed E-state index contributed by atoms with van der Waals surface area (Å²) in [6.07, 6.45) is 7.13. The lowest BCUT2D eigenvalue weighted by Gasteiger charge is -2.08. The first kappa shape index (κ1) is 13.8. The van der Waals surface area contributed by atoms with Crippen LogP contribution in [0, 0.1) is 0 Å². The van der Waals surface area contributed by atoms with Crippen LogP contribution in [0.3, 0.4) is 0 Å². The van der Waals surface area contributed by atoms with E-state index in [2.05, 4.69) is 10.3 Å². The number of carboxylic acid groups (broad SMARTS) is 1. The Hall–Kier alpha value is -2.21. The van der Waals surface area contributed by atoms with Crippen LogP contribution in [0.15, 0.2) is 24.5 Å². The van der Waals surface area contributed by atoms with Crippen molar-refractivity contribution < 1.29 is 14.7 Å². The first-order chi connectivity index (χ1) is 10.1. The normalized spacial score (nSPS) is 13.5. The van der Waals surface area contributed by atoms with Crippen LogP contribution in [-0.4, -0.2) is 22.0 Å². The van der Waals surface area contributed by atoms with Crippen LogP contribution < -0.4 is 5.32 Å². The fourth-order valence-electron chi connectivity index (χ4n) is 2.42. The number of carbonyl (C=O) groups is 2. The lowest BCUT2D eigenvalue weighted by Crippen LogP contribution is -2.11. The highest BCUT2D eigenvalue weighted by Crippen LogP contribution is 2.30. The number of nitrogens with one attached hydrogen (secondary N) is 1. The zero-order valence-corrected chi connectivity index (χ0v) is 12.1. The molecule has 1 aliphatic carbocycles. The molecule has 0 bridgehead atoms. The number of pyridine rings is 1. The third-order valence-corrected chi connectivity index (χ3v) is 4.70. The molecule has 0 aromatic carbocycles. The quantitative estimate of drug-likeness (QED) is 0.913. The maximum Gasteiger partial charge on any atom is 0.337 e. The topological polar surface area (TPSA) is 79.3 Å². The van der Waals surface area contributed by atoms with Crippen molar-refractivity contribution in [3.8, 4) is 0 Å². The van der Waals surface area contributed by atoms with Gasteiger partial charge >= 0.3 is 5.97 Å². The molecule has 0 saturated carbocycles. The molecule has 0 unspecified atom stereocenters. The molecule has 1 amide bonds. The van der Waals surface area contributed by atoms with Gasteiger partial charge in [0.05, 0.1) is 22.3 Å². The Kier molecular flexibility index (Phi) is 3.70. The van der Waals surface area contributed by atoms with Crippen LogP contribution in [-0.2, 0) is 12.8 Å². The number of aryl methyl sites for hydroxylation is 2. The largest absolute Gasteiger partial charge is 0.478 e. The summed E-state index contributed by atoms with van der Waals surface area (Å²) in [5, 5.41) is 11.6. The van der Waals surface area contributed by atoms with Gasteiger partial charge in [-0.1, -0.05) is 0 Å². The van der Waals surface area contributed by atoms with Crippen molar-refractivity contribution >= 4 is 28.9 Å². The van der Waals surface area contributed by atoms with Crippen molar-refractivity contribution in [2.75, 3.05) is 5.32 Å². The molecule has 0 spiro atoms. The van der Waals surface area contributed by atoms with Gasteiger partial charge in [-0.25, -0.2) is 4.79 Å². The molecule has 21 heavy (non-hydrogen) atoms. The molecule has 2 aromatic heterocycles. The first-order valence-corrected chi connectivity index (χ1v) is 7.56. The summed E-state index contributed by atoms with van der Waals surface area (Å²) in [4.78, 5) is 28.9. The monoisotopic (exact) mass is 302 g/mol. The number of nitrogens with zero attached hydrogens (tertiary/aromatic N) is 1. The van der Waals surface area contributed by atoms with Gasteiger partial charge in [-0.2, -0.15) is 0 Å². The Balaban J connectivity index is 1.78. The number of thiophene rings is 1. The highest BCUT2D eigenvalue weighted by molar-refractivity contribution is 7.14. The molecule has 2 N–H and O–H groups in total. The standard InChI is InChI=1S/C15H14N2O3S/c18-14(13-6-9-3-1-2-4-12(9)21-13)17-11-5-10(15(19)20)7-16-8-11/h5-8H,1-4H2,(H,17,18)(H,19,20). The Morgan fingerprint density at radius 2 is 2.00 bits per heavy atom. The molecule has 6 heteroatoms. The van der Waals surface area contributed by atoms with Gasteiger partial charge in [0.2, 0.25) is 0 Å². The van der Waals surface area contributed by atoms with Crippen molar-refractivity contribution in [3.63, 3.8) is 0 Å². The van der Waals surface area contributed by atoms with Crippen molar-refractivity contribution in [1.82, 2.24) is 4.98 Å². The molecule has 3 rings (SSSR count). The van der Waals surface area contributed by atoms with E-state index < -0.39 is 5.97 Å². The number of aromatic nitrogens is 1. The predicted molar refractivity (Wildman–Crippen MR) is 80.1 cm³/mol. The maximum absolute atomic E-state index is 12.2. The minimum absolute atomic E-state index is 0.0540. The lowest BCUT2D eigenvalue weighted by molar-refractivity contribution is 0.0696. The second-order valence-electron chi connectivity index (χ2n) is 4.99. The fraction of sp³-hybridized carbons (Fsp3) is 0.267. The van der Waals surface area contributed by atoms with Crippen LogP contribution >= 0.6 is 11.3 Å². The highest BCUT2D eigenvalue weighted by Gasteiger charge is 2.17. The molecule has 2 heterocycles. The second-order valence-corrected chi connectivity index (χ2v) is 6.12. The van der Waals surface area contributed by atoms with E-state index in [4.69, 9.17) is 5.11 Å². The Bertz CT molecular complexity index is 685. The van der Waals surface area contributed by atoms with E-state index in [0.717, 1.165) is 12.8 Å². The molecule has 5 nitrogen and oxygen atoms in total. The Labute approximate surface area is 125 Å².